The summed E-state index contributed by atoms with van der Waals surface area (Å²) in [5, 5.41) is 0. The van der Waals surface area contributed by atoms with Crippen LogP contribution in [0.3, 0.4) is 0 Å². The van der Waals surface area contributed by atoms with Crippen LogP contribution in [-0.2, 0) is 6.42 Å². The molecule has 0 aliphatic rings. The van der Waals surface area contributed by atoms with Gasteiger partial charge in [0, 0.05) is 22.3 Å². The maximum atomic E-state index is 5.94. The zero-order valence-electron chi connectivity index (χ0n) is 10.7. The molecule has 96 valence electrons. The Morgan fingerprint density at radius 1 is 1.11 bits per heavy atom. The lowest BCUT2D eigenvalue weighted by atomic mass is 10.1. The van der Waals surface area contributed by atoms with Crippen LogP contribution in [0.2, 0.25) is 4.34 Å². The van der Waals surface area contributed by atoms with Crippen molar-refractivity contribution in [3.05, 3.63) is 40.5 Å². The molecule has 1 nitrogen and oxygen atoms in total. The summed E-state index contributed by atoms with van der Waals surface area (Å²) in [4.78, 5) is 5.71. The van der Waals surface area contributed by atoms with Gasteiger partial charge in [-0.25, -0.2) is 0 Å². The topological polar surface area (TPSA) is 12.9 Å². The first-order valence-electron chi connectivity index (χ1n) is 6.50. The van der Waals surface area contributed by atoms with E-state index in [1.807, 2.05) is 18.3 Å². The molecule has 0 bridgehead atoms. The van der Waals surface area contributed by atoms with Crippen molar-refractivity contribution in [2.24, 2.45) is 0 Å². The van der Waals surface area contributed by atoms with Gasteiger partial charge in [0.25, 0.3) is 0 Å². The number of thiophene rings is 1. The lowest BCUT2D eigenvalue weighted by molar-refractivity contribution is 0.661. The molecular weight excluding hydrogens is 262 g/mol. The molecule has 18 heavy (non-hydrogen) atoms. The fourth-order valence-corrected chi connectivity index (χ4v) is 2.95. The standard InChI is InChI=1S/C15H18ClNS/c1-2-3-4-5-6-13-8-7-12(11-17-13)14-9-10-15(16)18-14/h7-11H,2-6H2,1H3. The van der Waals surface area contributed by atoms with Gasteiger partial charge >= 0.3 is 0 Å². The van der Waals surface area contributed by atoms with Crippen molar-refractivity contribution in [2.45, 2.75) is 39.0 Å². The van der Waals surface area contributed by atoms with Crippen LogP contribution in [0.1, 0.15) is 38.3 Å². The third kappa shape index (κ3) is 3.82. The zero-order valence-corrected chi connectivity index (χ0v) is 12.2. The largest absolute Gasteiger partial charge is 0.261 e. The molecule has 0 saturated carbocycles. The van der Waals surface area contributed by atoms with E-state index in [-0.39, 0.29) is 0 Å². The number of pyridine rings is 1. The summed E-state index contributed by atoms with van der Waals surface area (Å²) in [5.41, 5.74) is 2.35. The van der Waals surface area contributed by atoms with E-state index >= 15 is 0 Å². The van der Waals surface area contributed by atoms with Crippen LogP contribution >= 0.6 is 22.9 Å². The molecule has 2 aromatic rings. The summed E-state index contributed by atoms with van der Waals surface area (Å²) < 4.78 is 0.827. The Kier molecular flexibility index (Phi) is 5.21. The van der Waals surface area contributed by atoms with Gasteiger partial charge in [-0.15, -0.1) is 11.3 Å². The predicted octanol–water partition coefficient (Wildman–Crippen LogP) is 5.59. The fourth-order valence-electron chi connectivity index (χ4n) is 1.92. The highest BCUT2D eigenvalue weighted by molar-refractivity contribution is 7.19. The minimum absolute atomic E-state index is 0.827. The number of hydrogen-bond donors (Lipinski definition) is 0. The van der Waals surface area contributed by atoms with Crippen LogP contribution in [0, 0.1) is 0 Å². The van der Waals surface area contributed by atoms with Gasteiger partial charge in [0.1, 0.15) is 0 Å². The maximum Gasteiger partial charge on any atom is 0.0934 e. The number of nitrogens with zero attached hydrogens (tertiary/aromatic N) is 1. The molecule has 0 saturated heterocycles. The number of hydrogen-bond acceptors (Lipinski definition) is 2. The van der Waals surface area contributed by atoms with Crippen molar-refractivity contribution >= 4 is 22.9 Å². The van der Waals surface area contributed by atoms with Gasteiger partial charge in [-0.1, -0.05) is 43.9 Å². The Bertz CT molecular complexity index is 475. The maximum absolute atomic E-state index is 5.94. The second kappa shape index (κ2) is 6.91. The van der Waals surface area contributed by atoms with Crippen molar-refractivity contribution < 1.29 is 0 Å². The van der Waals surface area contributed by atoms with E-state index in [1.54, 1.807) is 11.3 Å². The molecule has 3 heteroatoms. The second-order valence-electron chi connectivity index (χ2n) is 4.45. The molecule has 0 aliphatic carbocycles. The third-order valence-electron chi connectivity index (χ3n) is 2.97. The molecular formula is C15H18ClNS. The first kappa shape index (κ1) is 13.6. The molecule has 0 atom stereocenters. The van der Waals surface area contributed by atoms with Crippen LogP contribution in [-0.4, -0.2) is 4.98 Å². The summed E-state index contributed by atoms with van der Waals surface area (Å²) in [7, 11) is 0. The van der Waals surface area contributed by atoms with E-state index in [9.17, 15) is 0 Å². The molecule has 0 amide bonds. The highest BCUT2D eigenvalue weighted by Gasteiger charge is 2.02. The van der Waals surface area contributed by atoms with E-state index in [1.165, 1.54) is 36.3 Å². The first-order valence-corrected chi connectivity index (χ1v) is 7.69. The fraction of sp³-hybridized carbons (Fsp3) is 0.400. The summed E-state index contributed by atoms with van der Waals surface area (Å²) in [5.74, 6) is 0. The molecule has 2 aromatic heterocycles. The van der Waals surface area contributed by atoms with E-state index < -0.39 is 0 Å². The SMILES string of the molecule is CCCCCCc1ccc(-c2ccc(Cl)s2)cn1. The Labute approximate surface area is 118 Å². The smallest absolute Gasteiger partial charge is 0.0934 e. The van der Waals surface area contributed by atoms with Gasteiger partial charge in [-0.3, -0.25) is 4.98 Å². The molecule has 0 radical (unpaired) electrons. The number of halogens is 1. The van der Waals surface area contributed by atoms with Crippen molar-refractivity contribution in [1.29, 1.82) is 0 Å². The van der Waals surface area contributed by atoms with Gasteiger partial charge in [0.15, 0.2) is 0 Å². The normalized spacial score (nSPS) is 10.8. The number of unbranched alkanes of at least 4 members (excludes halogenated alkanes) is 3. The van der Waals surface area contributed by atoms with Crippen LogP contribution in [0.25, 0.3) is 10.4 Å². The molecule has 0 aromatic carbocycles. The van der Waals surface area contributed by atoms with E-state index in [0.717, 1.165) is 16.3 Å². The Morgan fingerprint density at radius 2 is 2.00 bits per heavy atom. The molecule has 0 N–H and O–H groups in total. The molecule has 0 aliphatic heterocycles. The van der Waals surface area contributed by atoms with Gasteiger partial charge in [-0.05, 0) is 31.0 Å². The Balaban J connectivity index is 1.93. The van der Waals surface area contributed by atoms with Crippen LogP contribution in [0.5, 0.6) is 0 Å². The van der Waals surface area contributed by atoms with Gasteiger partial charge in [0.05, 0.1) is 4.34 Å². The summed E-state index contributed by atoms with van der Waals surface area (Å²) in [6.45, 7) is 2.24. The predicted molar refractivity (Wildman–Crippen MR) is 80.4 cm³/mol. The Morgan fingerprint density at radius 3 is 2.61 bits per heavy atom. The number of aryl methyl sites for hydroxylation is 1. The van der Waals surface area contributed by atoms with E-state index in [0.29, 0.717) is 0 Å². The van der Waals surface area contributed by atoms with Gasteiger partial charge < -0.3 is 0 Å². The monoisotopic (exact) mass is 279 g/mol. The summed E-state index contributed by atoms with van der Waals surface area (Å²) in [6, 6.07) is 8.25. The quantitative estimate of drug-likeness (QED) is 0.629. The first-order chi connectivity index (χ1) is 8.79. The molecule has 0 fully saturated rings. The highest BCUT2D eigenvalue weighted by atomic mass is 35.5. The average molecular weight is 280 g/mol. The van der Waals surface area contributed by atoms with E-state index in [2.05, 4.69) is 24.0 Å². The summed E-state index contributed by atoms with van der Waals surface area (Å²) >= 11 is 7.53. The van der Waals surface area contributed by atoms with Crippen molar-refractivity contribution in [2.75, 3.05) is 0 Å². The summed E-state index contributed by atoms with van der Waals surface area (Å²) in [6.07, 6.45) is 8.20. The molecule has 0 unspecified atom stereocenters. The lowest BCUT2D eigenvalue weighted by Gasteiger charge is -2.02. The minimum Gasteiger partial charge on any atom is -0.261 e. The zero-order chi connectivity index (χ0) is 12.8. The van der Waals surface area contributed by atoms with Crippen LogP contribution in [0.4, 0.5) is 0 Å². The number of rotatable bonds is 6. The molecule has 0 spiro atoms. The van der Waals surface area contributed by atoms with Crippen molar-refractivity contribution in [1.82, 2.24) is 4.98 Å². The minimum atomic E-state index is 0.827. The van der Waals surface area contributed by atoms with Crippen LogP contribution < -0.4 is 0 Å². The van der Waals surface area contributed by atoms with Crippen molar-refractivity contribution in [3.63, 3.8) is 0 Å². The van der Waals surface area contributed by atoms with E-state index in [4.69, 9.17) is 11.6 Å². The highest BCUT2D eigenvalue weighted by Crippen LogP contribution is 2.30. The van der Waals surface area contributed by atoms with Crippen molar-refractivity contribution in [3.8, 4) is 10.4 Å². The molecule has 2 rings (SSSR count). The van der Waals surface area contributed by atoms with Gasteiger partial charge in [0.2, 0.25) is 0 Å². The van der Waals surface area contributed by atoms with Crippen LogP contribution in [0.15, 0.2) is 30.5 Å². The average Bonchev–Trinajstić information content (AvgIpc) is 2.82. The third-order valence-corrected chi connectivity index (χ3v) is 4.25. The van der Waals surface area contributed by atoms with Gasteiger partial charge in [-0.2, -0.15) is 0 Å². The lowest BCUT2D eigenvalue weighted by Crippen LogP contribution is -1.90. The molecule has 2 heterocycles. The second-order valence-corrected chi connectivity index (χ2v) is 6.17. The Hall–Kier alpha value is -0.860. The number of aromatic nitrogens is 1.